The highest BCUT2D eigenvalue weighted by Crippen LogP contribution is 2.31. The molecule has 0 saturated carbocycles. The highest BCUT2D eigenvalue weighted by molar-refractivity contribution is 6.05. The van der Waals surface area contributed by atoms with Crippen molar-refractivity contribution in [2.75, 3.05) is 0 Å². The largest absolute Gasteiger partial charge is 0.507 e. The van der Waals surface area contributed by atoms with Gasteiger partial charge < -0.3 is 5.11 Å². The standard InChI is InChI=1S/C15H18O2/c1-9-13(16)7-10-5-6-11(15(2,3)4)8-12(10)14(9)17/h5-6,8,17H,7H2,1-4H3. The number of ketones is 1. The van der Waals surface area contributed by atoms with Crippen molar-refractivity contribution in [3.8, 4) is 0 Å². The number of aliphatic hydroxyl groups is 1. The van der Waals surface area contributed by atoms with Crippen LogP contribution in [0.1, 0.15) is 44.4 Å². The van der Waals surface area contributed by atoms with E-state index in [0.717, 1.165) is 11.1 Å². The van der Waals surface area contributed by atoms with E-state index in [1.807, 2.05) is 18.2 Å². The van der Waals surface area contributed by atoms with Crippen molar-refractivity contribution in [2.24, 2.45) is 0 Å². The lowest BCUT2D eigenvalue weighted by Crippen LogP contribution is -2.17. The fraction of sp³-hybridized carbons (Fsp3) is 0.400. The van der Waals surface area contributed by atoms with Crippen LogP contribution in [0.3, 0.4) is 0 Å². The van der Waals surface area contributed by atoms with E-state index in [0.29, 0.717) is 12.0 Å². The van der Waals surface area contributed by atoms with Crippen molar-refractivity contribution in [1.82, 2.24) is 0 Å². The average Bonchev–Trinajstić information content (AvgIpc) is 2.24. The zero-order valence-corrected chi connectivity index (χ0v) is 10.8. The molecular formula is C15H18O2. The summed E-state index contributed by atoms with van der Waals surface area (Å²) in [5, 5.41) is 10.0. The molecule has 0 fully saturated rings. The number of aliphatic hydroxyl groups excluding tert-OH is 1. The molecule has 0 saturated heterocycles. The van der Waals surface area contributed by atoms with Gasteiger partial charge >= 0.3 is 0 Å². The Morgan fingerprint density at radius 3 is 2.47 bits per heavy atom. The van der Waals surface area contributed by atoms with Gasteiger partial charge in [-0.25, -0.2) is 0 Å². The van der Waals surface area contributed by atoms with Crippen molar-refractivity contribution in [3.63, 3.8) is 0 Å². The minimum absolute atomic E-state index is 0.0125. The Hall–Kier alpha value is -1.57. The van der Waals surface area contributed by atoms with Gasteiger partial charge in [0.1, 0.15) is 5.76 Å². The third-order valence-electron chi connectivity index (χ3n) is 3.36. The molecule has 1 aromatic carbocycles. The predicted octanol–water partition coefficient (Wildman–Crippen LogP) is 3.40. The third kappa shape index (κ3) is 1.99. The number of rotatable bonds is 0. The summed E-state index contributed by atoms with van der Waals surface area (Å²) in [6.07, 6.45) is 0.398. The second-order valence-electron chi connectivity index (χ2n) is 5.70. The molecule has 0 spiro atoms. The molecule has 2 heteroatoms. The topological polar surface area (TPSA) is 37.3 Å². The monoisotopic (exact) mass is 230 g/mol. The summed E-state index contributed by atoms with van der Waals surface area (Å²) in [6, 6.07) is 6.00. The normalized spacial score (nSPS) is 16.1. The molecule has 0 aromatic heterocycles. The molecule has 0 amide bonds. The van der Waals surface area contributed by atoms with E-state index in [4.69, 9.17) is 0 Å². The number of fused-ring (bicyclic) bond motifs is 1. The van der Waals surface area contributed by atoms with Crippen LogP contribution in [0.25, 0.3) is 5.76 Å². The van der Waals surface area contributed by atoms with Gasteiger partial charge in [-0.2, -0.15) is 0 Å². The first-order valence-corrected chi connectivity index (χ1v) is 5.87. The van der Waals surface area contributed by atoms with E-state index >= 15 is 0 Å². The Morgan fingerprint density at radius 1 is 1.24 bits per heavy atom. The zero-order valence-electron chi connectivity index (χ0n) is 10.8. The fourth-order valence-corrected chi connectivity index (χ4v) is 2.06. The summed E-state index contributed by atoms with van der Waals surface area (Å²) in [7, 11) is 0. The van der Waals surface area contributed by atoms with Crippen LogP contribution >= 0.6 is 0 Å². The summed E-state index contributed by atoms with van der Waals surface area (Å²) >= 11 is 0. The van der Waals surface area contributed by atoms with Gasteiger partial charge in [0.15, 0.2) is 5.78 Å². The smallest absolute Gasteiger partial charge is 0.166 e. The number of carbonyl (C=O) groups is 1. The Labute approximate surface area is 102 Å². The van der Waals surface area contributed by atoms with Crippen molar-refractivity contribution in [1.29, 1.82) is 0 Å². The Bertz CT molecular complexity index is 516. The van der Waals surface area contributed by atoms with Crippen molar-refractivity contribution in [2.45, 2.75) is 39.5 Å². The maximum atomic E-state index is 11.6. The van der Waals surface area contributed by atoms with Crippen LogP contribution in [0.15, 0.2) is 23.8 Å². The Kier molecular flexibility index (Phi) is 2.61. The van der Waals surface area contributed by atoms with E-state index in [9.17, 15) is 9.90 Å². The summed E-state index contributed by atoms with van der Waals surface area (Å²) in [5.41, 5.74) is 3.43. The molecule has 0 heterocycles. The molecule has 17 heavy (non-hydrogen) atoms. The molecule has 0 atom stereocenters. The number of hydrogen-bond acceptors (Lipinski definition) is 2. The van der Waals surface area contributed by atoms with Crippen LogP contribution in [0, 0.1) is 0 Å². The molecule has 2 rings (SSSR count). The lowest BCUT2D eigenvalue weighted by molar-refractivity contribution is -0.115. The number of carbonyl (C=O) groups excluding carboxylic acids is 1. The van der Waals surface area contributed by atoms with Gasteiger partial charge in [0.05, 0.1) is 0 Å². The van der Waals surface area contributed by atoms with Crippen LogP contribution in [0.5, 0.6) is 0 Å². The maximum absolute atomic E-state index is 11.6. The van der Waals surface area contributed by atoms with Gasteiger partial charge in [0, 0.05) is 17.6 Å². The van der Waals surface area contributed by atoms with Crippen LogP contribution in [-0.2, 0) is 16.6 Å². The van der Waals surface area contributed by atoms with E-state index in [1.54, 1.807) is 6.92 Å². The number of Topliss-reactive ketones (excluding diaryl/α,β-unsaturated/α-hetero) is 1. The van der Waals surface area contributed by atoms with Gasteiger partial charge in [-0.3, -0.25) is 4.79 Å². The summed E-state index contributed by atoms with van der Waals surface area (Å²) < 4.78 is 0. The SMILES string of the molecule is CC1=C(O)c2cc(C(C)(C)C)ccc2CC1=O. The van der Waals surface area contributed by atoms with E-state index < -0.39 is 0 Å². The average molecular weight is 230 g/mol. The molecule has 90 valence electrons. The predicted molar refractivity (Wildman–Crippen MR) is 69.1 cm³/mol. The molecule has 1 aromatic rings. The quantitative estimate of drug-likeness (QED) is 0.741. The van der Waals surface area contributed by atoms with E-state index in [-0.39, 0.29) is 17.0 Å². The molecule has 1 aliphatic carbocycles. The molecule has 1 aliphatic rings. The van der Waals surface area contributed by atoms with Crippen LogP contribution in [0.4, 0.5) is 0 Å². The van der Waals surface area contributed by atoms with E-state index in [2.05, 4.69) is 20.8 Å². The Morgan fingerprint density at radius 2 is 1.88 bits per heavy atom. The molecule has 0 bridgehead atoms. The van der Waals surface area contributed by atoms with E-state index in [1.165, 1.54) is 5.56 Å². The second-order valence-corrected chi connectivity index (χ2v) is 5.70. The molecule has 1 N–H and O–H groups in total. The van der Waals surface area contributed by atoms with Gasteiger partial charge in [0.2, 0.25) is 0 Å². The van der Waals surface area contributed by atoms with Crippen LogP contribution in [-0.4, -0.2) is 10.9 Å². The highest BCUT2D eigenvalue weighted by Gasteiger charge is 2.24. The number of allylic oxidation sites excluding steroid dienone is 1. The van der Waals surface area contributed by atoms with Crippen molar-refractivity contribution in [3.05, 3.63) is 40.5 Å². The first kappa shape index (κ1) is 11.9. The van der Waals surface area contributed by atoms with Gasteiger partial charge in [-0.05, 0) is 29.5 Å². The minimum Gasteiger partial charge on any atom is -0.507 e. The number of benzene rings is 1. The van der Waals surface area contributed by atoms with Gasteiger partial charge in [-0.1, -0.05) is 32.9 Å². The van der Waals surface area contributed by atoms with Gasteiger partial charge in [-0.15, -0.1) is 0 Å². The summed E-state index contributed by atoms with van der Waals surface area (Å²) in [4.78, 5) is 11.6. The fourth-order valence-electron chi connectivity index (χ4n) is 2.06. The molecule has 0 aliphatic heterocycles. The minimum atomic E-state index is 0.0125. The van der Waals surface area contributed by atoms with Crippen molar-refractivity contribution < 1.29 is 9.90 Å². The van der Waals surface area contributed by atoms with Crippen LogP contribution in [0.2, 0.25) is 0 Å². The first-order valence-electron chi connectivity index (χ1n) is 5.87. The molecule has 2 nitrogen and oxygen atoms in total. The third-order valence-corrected chi connectivity index (χ3v) is 3.36. The second kappa shape index (κ2) is 3.73. The Balaban J connectivity index is 2.60. The highest BCUT2D eigenvalue weighted by atomic mass is 16.3. The molecule has 0 unspecified atom stereocenters. The van der Waals surface area contributed by atoms with Crippen molar-refractivity contribution >= 4 is 11.5 Å². The lowest BCUT2D eigenvalue weighted by atomic mass is 9.82. The first-order chi connectivity index (χ1) is 7.80. The summed E-state index contributed by atoms with van der Waals surface area (Å²) in [5.74, 6) is 0.154. The number of hydrogen-bond donors (Lipinski definition) is 1. The van der Waals surface area contributed by atoms with Gasteiger partial charge in [0.25, 0.3) is 0 Å². The molecular weight excluding hydrogens is 212 g/mol. The summed E-state index contributed by atoms with van der Waals surface area (Å²) in [6.45, 7) is 8.09. The zero-order chi connectivity index (χ0) is 12.8. The maximum Gasteiger partial charge on any atom is 0.166 e. The molecule has 0 radical (unpaired) electrons. The lowest BCUT2D eigenvalue weighted by Gasteiger charge is -2.23. The van der Waals surface area contributed by atoms with Crippen LogP contribution < -0.4 is 0 Å².